The van der Waals surface area contributed by atoms with E-state index in [2.05, 4.69) is 15.5 Å². The molecule has 0 saturated heterocycles. The molecule has 9 nitrogen and oxygen atoms in total. The minimum Gasteiger partial charge on any atom is -0.497 e. The number of methoxy groups -OCH3 is 2. The molecule has 0 spiro atoms. The number of amides is 1. The van der Waals surface area contributed by atoms with Crippen LogP contribution in [0, 0.1) is 0 Å². The van der Waals surface area contributed by atoms with Gasteiger partial charge in [0.05, 0.1) is 31.8 Å². The van der Waals surface area contributed by atoms with E-state index in [4.69, 9.17) is 18.9 Å². The van der Waals surface area contributed by atoms with E-state index in [0.29, 0.717) is 39.6 Å². The van der Waals surface area contributed by atoms with Crippen molar-refractivity contribution in [3.63, 3.8) is 0 Å². The minimum atomic E-state index is -0.208. The standard InChI is InChI=1S/C23H19N5O4S/c1-30-15-10-14(11-16(12-15)31-2)24-20(29)13-33-23-27-26-21-17-6-3-4-7-18(17)25-22(28(21)23)19-8-5-9-32-19/h3-12H,13H2,1-2H3,(H,24,29). The number of nitrogens with one attached hydrogen (secondary N) is 1. The van der Waals surface area contributed by atoms with Crippen molar-refractivity contribution >= 4 is 39.9 Å². The first kappa shape index (κ1) is 20.8. The second-order valence-electron chi connectivity index (χ2n) is 7.01. The molecule has 166 valence electrons. The van der Waals surface area contributed by atoms with Crippen LogP contribution in [0.1, 0.15) is 0 Å². The van der Waals surface area contributed by atoms with Crippen molar-refractivity contribution in [1.29, 1.82) is 0 Å². The number of ether oxygens (including phenoxy) is 2. The van der Waals surface area contributed by atoms with E-state index in [1.807, 2.05) is 34.7 Å². The van der Waals surface area contributed by atoms with Gasteiger partial charge in [-0.05, 0) is 24.3 Å². The Labute approximate surface area is 192 Å². The van der Waals surface area contributed by atoms with Crippen molar-refractivity contribution in [3.8, 4) is 23.1 Å². The van der Waals surface area contributed by atoms with Gasteiger partial charge in [0.15, 0.2) is 22.4 Å². The number of thioether (sulfide) groups is 1. The first-order chi connectivity index (χ1) is 16.2. The highest BCUT2D eigenvalue weighted by atomic mass is 32.2. The number of fused-ring (bicyclic) bond motifs is 3. The van der Waals surface area contributed by atoms with Crippen LogP contribution in [0.2, 0.25) is 0 Å². The third kappa shape index (κ3) is 4.08. The second kappa shape index (κ2) is 8.83. The van der Waals surface area contributed by atoms with Crippen LogP contribution >= 0.6 is 11.8 Å². The van der Waals surface area contributed by atoms with Gasteiger partial charge in [-0.3, -0.25) is 9.20 Å². The summed E-state index contributed by atoms with van der Waals surface area (Å²) in [6.07, 6.45) is 1.59. The van der Waals surface area contributed by atoms with Gasteiger partial charge in [-0.15, -0.1) is 10.2 Å². The molecule has 1 N–H and O–H groups in total. The third-order valence-electron chi connectivity index (χ3n) is 4.93. The number of nitrogens with zero attached hydrogens (tertiary/aromatic N) is 4. The Kier molecular flexibility index (Phi) is 5.57. The molecule has 0 unspecified atom stereocenters. The average molecular weight is 462 g/mol. The maximum absolute atomic E-state index is 12.7. The van der Waals surface area contributed by atoms with Gasteiger partial charge < -0.3 is 19.2 Å². The number of benzene rings is 2. The molecular formula is C23H19N5O4S. The van der Waals surface area contributed by atoms with Crippen LogP contribution in [0.15, 0.2) is 70.4 Å². The fraction of sp³-hybridized carbons (Fsp3) is 0.130. The zero-order valence-electron chi connectivity index (χ0n) is 17.8. The van der Waals surface area contributed by atoms with Crippen molar-refractivity contribution < 1.29 is 18.7 Å². The number of hydrogen-bond donors (Lipinski definition) is 1. The highest BCUT2D eigenvalue weighted by Crippen LogP contribution is 2.30. The Hall–Kier alpha value is -4.05. The number of rotatable bonds is 7. The van der Waals surface area contributed by atoms with Crippen LogP contribution in [-0.4, -0.2) is 45.5 Å². The topological polar surface area (TPSA) is 104 Å². The summed E-state index contributed by atoms with van der Waals surface area (Å²) in [5.74, 6) is 2.23. The fourth-order valence-corrected chi connectivity index (χ4v) is 4.16. The van der Waals surface area contributed by atoms with E-state index in [1.54, 1.807) is 44.7 Å². The molecule has 0 radical (unpaired) electrons. The van der Waals surface area contributed by atoms with Crippen LogP contribution in [0.4, 0.5) is 5.69 Å². The van der Waals surface area contributed by atoms with Crippen molar-refractivity contribution in [2.45, 2.75) is 5.16 Å². The van der Waals surface area contributed by atoms with Gasteiger partial charge in [0, 0.05) is 29.3 Å². The van der Waals surface area contributed by atoms with Crippen molar-refractivity contribution in [1.82, 2.24) is 19.6 Å². The summed E-state index contributed by atoms with van der Waals surface area (Å²) in [5.41, 5.74) is 2.00. The molecule has 5 rings (SSSR count). The van der Waals surface area contributed by atoms with E-state index >= 15 is 0 Å². The van der Waals surface area contributed by atoms with E-state index in [9.17, 15) is 4.79 Å². The number of carbonyl (C=O) groups is 1. The van der Waals surface area contributed by atoms with Crippen molar-refractivity contribution in [3.05, 3.63) is 60.9 Å². The molecule has 0 bridgehead atoms. The number of para-hydroxylation sites is 1. The van der Waals surface area contributed by atoms with Gasteiger partial charge >= 0.3 is 0 Å². The zero-order chi connectivity index (χ0) is 22.8. The molecule has 1 amide bonds. The monoisotopic (exact) mass is 461 g/mol. The molecule has 3 heterocycles. The fourth-order valence-electron chi connectivity index (χ4n) is 3.43. The largest absolute Gasteiger partial charge is 0.497 e. The molecular weight excluding hydrogens is 442 g/mol. The summed E-state index contributed by atoms with van der Waals surface area (Å²) in [6, 6.07) is 16.5. The van der Waals surface area contributed by atoms with E-state index in [0.717, 1.165) is 10.9 Å². The predicted molar refractivity (Wildman–Crippen MR) is 125 cm³/mol. The SMILES string of the molecule is COc1cc(NC(=O)CSc2nnc3c4ccccc4nc(-c4ccco4)n23)cc(OC)c1. The van der Waals surface area contributed by atoms with Gasteiger partial charge in [0.1, 0.15) is 11.5 Å². The van der Waals surface area contributed by atoms with Crippen LogP contribution < -0.4 is 14.8 Å². The van der Waals surface area contributed by atoms with Gasteiger partial charge in [-0.25, -0.2) is 4.98 Å². The summed E-state index contributed by atoms with van der Waals surface area (Å²) < 4.78 is 17.9. The molecule has 33 heavy (non-hydrogen) atoms. The Morgan fingerprint density at radius 2 is 1.85 bits per heavy atom. The van der Waals surface area contributed by atoms with E-state index in [-0.39, 0.29) is 11.7 Å². The smallest absolute Gasteiger partial charge is 0.234 e. The van der Waals surface area contributed by atoms with Gasteiger partial charge in [0.25, 0.3) is 0 Å². The summed E-state index contributed by atoms with van der Waals surface area (Å²) in [4.78, 5) is 17.4. The van der Waals surface area contributed by atoms with Gasteiger partial charge in [-0.2, -0.15) is 0 Å². The minimum absolute atomic E-state index is 0.116. The predicted octanol–water partition coefficient (Wildman–Crippen LogP) is 4.29. The van der Waals surface area contributed by atoms with Crippen LogP contribution in [0.3, 0.4) is 0 Å². The highest BCUT2D eigenvalue weighted by Gasteiger charge is 2.19. The van der Waals surface area contributed by atoms with E-state index < -0.39 is 0 Å². The second-order valence-corrected chi connectivity index (χ2v) is 7.95. The van der Waals surface area contributed by atoms with Crippen LogP contribution in [0.5, 0.6) is 11.5 Å². The summed E-state index contributed by atoms with van der Waals surface area (Å²) >= 11 is 1.26. The van der Waals surface area contributed by atoms with E-state index in [1.165, 1.54) is 11.8 Å². The van der Waals surface area contributed by atoms with Crippen LogP contribution in [-0.2, 0) is 4.79 Å². The summed E-state index contributed by atoms with van der Waals surface area (Å²) in [7, 11) is 3.11. The average Bonchev–Trinajstić information content (AvgIpc) is 3.52. The first-order valence-corrected chi connectivity index (χ1v) is 11.0. The maximum Gasteiger partial charge on any atom is 0.234 e. The molecule has 5 aromatic rings. The third-order valence-corrected chi connectivity index (χ3v) is 5.85. The number of hydrogen-bond acceptors (Lipinski definition) is 8. The molecule has 0 aliphatic heterocycles. The highest BCUT2D eigenvalue weighted by molar-refractivity contribution is 7.99. The normalized spacial score (nSPS) is 11.1. The van der Waals surface area contributed by atoms with Crippen molar-refractivity contribution in [2.24, 2.45) is 0 Å². The lowest BCUT2D eigenvalue weighted by molar-refractivity contribution is -0.113. The lowest BCUT2D eigenvalue weighted by Crippen LogP contribution is -2.14. The Morgan fingerprint density at radius 1 is 1.06 bits per heavy atom. The Balaban J connectivity index is 1.44. The maximum atomic E-state index is 12.7. The molecule has 3 aromatic heterocycles. The lowest BCUT2D eigenvalue weighted by atomic mass is 10.2. The number of carbonyl (C=O) groups excluding carboxylic acids is 1. The first-order valence-electron chi connectivity index (χ1n) is 10.00. The number of anilines is 1. The van der Waals surface area contributed by atoms with Crippen molar-refractivity contribution in [2.75, 3.05) is 25.3 Å². The molecule has 0 atom stereocenters. The van der Waals surface area contributed by atoms with Crippen LogP contribution in [0.25, 0.3) is 28.1 Å². The number of aromatic nitrogens is 4. The molecule has 2 aromatic carbocycles. The lowest BCUT2D eigenvalue weighted by Gasteiger charge is -2.10. The Morgan fingerprint density at radius 3 is 2.58 bits per heavy atom. The summed E-state index contributed by atoms with van der Waals surface area (Å²) in [6.45, 7) is 0. The quantitative estimate of drug-likeness (QED) is 0.358. The molecule has 0 fully saturated rings. The van der Waals surface area contributed by atoms with Gasteiger partial charge in [-0.1, -0.05) is 23.9 Å². The molecule has 0 saturated carbocycles. The Bertz CT molecular complexity index is 1430. The molecule has 0 aliphatic rings. The van der Waals surface area contributed by atoms with Gasteiger partial charge in [0.2, 0.25) is 5.91 Å². The summed E-state index contributed by atoms with van der Waals surface area (Å²) in [5, 5.41) is 13.0. The zero-order valence-corrected chi connectivity index (χ0v) is 18.6. The molecule has 0 aliphatic carbocycles. The number of furan rings is 1. The molecule has 10 heteroatoms.